The standard InChI is InChI=1S/C18H19NO4/c1-12-4-8-16(9-5-12)22-13(2)18(21)23-17-10-6-15(7-11-17)19-14(3)20/h4-11,13H,1-3H3,(H,19,20)/t13-/m1/s1. The molecule has 0 saturated heterocycles. The van der Waals surface area contributed by atoms with E-state index in [1.165, 1.54) is 6.92 Å². The van der Waals surface area contributed by atoms with E-state index >= 15 is 0 Å². The van der Waals surface area contributed by atoms with Crippen molar-refractivity contribution in [1.82, 2.24) is 0 Å². The molecule has 0 saturated carbocycles. The molecule has 0 fully saturated rings. The molecule has 0 aliphatic carbocycles. The molecular weight excluding hydrogens is 294 g/mol. The van der Waals surface area contributed by atoms with E-state index in [1.807, 2.05) is 19.1 Å². The molecule has 120 valence electrons. The van der Waals surface area contributed by atoms with Crippen LogP contribution in [0, 0.1) is 6.92 Å². The molecule has 1 amide bonds. The van der Waals surface area contributed by atoms with Crippen molar-refractivity contribution < 1.29 is 19.1 Å². The molecule has 1 N–H and O–H groups in total. The van der Waals surface area contributed by atoms with Crippen LogP contribution in [-0.4, -0.2) is 18.0 Å². The highest BCUT2D eigenvalue weighted by Crippen LogP contribution is 2.18. The molecule has 5 heteroatoms. The zero-order valence-corrected chi connectivity index (χ0v) is 13.3. The third-order valence-corrected chi connectivity index (χ3v) is 3.06. The number of esters is 1. The Morgan fingerprint density at radius 1 is 0.957 bits per heavy atom. The van der Waals surface area contributed by atoms with Gasteiger partial charge in [0.05, 0.1) is 0 Å². The van der Waals surface area contributed by atoms with Crippen molar-refractivity contribution in [2.75, 3.05) is 5.32 Å². The topological polar surface area (TPSA) is 64.6 Å². The predicted octanol–water partition coefficient (Wildman–Crippen LogP) is 3.33. The van der Waals surface area contributed by atoms with Crippen molar-refractivity contribution in [2.24, 2.45) is 0 Å². The van der Waals surface area contributed by atoms with Crippen LogP contribution in [0.25, 0.3) is 0 Å². The van der Waals surface area contributed by atoms with Crippen LogP contribution in [0.1, 0.15) is 19.4 Å². The maximum Gasteiger partial charge on any atom is 0.352 e. The van der Waals surface area contributed by atoms with E-state index in [-0.39, 0.29) is 5.91 Å². The molecule has 2 aromatic rings. The van der Waals surface area contributed by atoms with Crippen LogP contribution in [0.4, 0.5) is 5.69 Å². The Morgan fingerprint density at radius 2 is 1.52 bits per heavy atom. The molecule has 0 aliphatic heterocycles. The SMILES string of the molecule is CC(=O)Nc1ccc(OC(=O)[C@@H](C)Oc2ccc(C)cc2)cc1. The van der Waals surface area contributed by atoms with Crippen molar-refractivity contribution in [3.8, 4) is 11.5 Å². The summed E-state index contributed by atoms with van der Waals surface area (Å²) in [7, 11) is 0. The summed E-state index contributed by atoms with van der Waals surface area (Å²) in [6.07, 6.45) is -0.729. The second-order valence-electron chi connectivity index (χ2n) is 5.20. The van der Waals surface area contributed by atoms with Crippen LogP contribution in [-0.2, 0) is 9.59 Å². The molecule has 2 rings (SSSR count). The first-order chi connectivity index (χ1) is 10.9. The first-order valence-corrected chi connectivity index (χ1v) is 7.27. The lowest BCUT2D eigenvalue weighted by atomic mass is 10.2. The normalized spacial score (nSPS) is 11.4. The smallest absolute Gasteiger partial charge is 0.352 e. The van der Waals surface area contributed by atoms with Gasteiger partial charge in [0.1, 0.15) is 11.5 Å². The fourth-order valence-electron chi connectivity index (χ4n) is 1.88. The van der Waals surface area contributed by atoms with Crippen molar-refractivity contribution in [1.29, 1.82) is 0 Å². The number of nitrogens with one attached hydrogen (secondary N) is 1. The molecule has 23 heavy (non-hydrogen) atoms. The van der Waals surface area contributed by atoms with E-state index in [9.17, 15) is 9.59 Å². The van der Waals surface area contributed by atoms with Crippen LogP contribution in [0.5, 0.6) is 11.5 Å². The van der Waals surface area contributed by atoms with E-state index in [1.54, 1.807) is 43.3 Å². The summed E-state index contributed by atoms with van der Waals surface area (Å²) in [6, 6.07) is 14.0. The number of hydrogen-bond donors (Lipinski definition) is 1. The summed E-state index contributed by atoms with van der Waals surface area (Å²) in [4.78, 5) is 23.0. The maximum absolute atomic E-state index is 12.0. The third-order valence-electron chi connectivity index (χ3n) is 3.06. The van der Waals surface area contributed by atoms with Crippen molar-refractivity contribution in [3.05, 3.63) is 54.1 Å². The summed E-state index contributed by atoms with van der Waals surface area (Å²) < 4.78 is 10.8. The molecular formula is C18H19NO4. The lowest BCUT2D eigenvalue weighted by molar-refractivity contribution is -0.141. The largest absolute Gasteiger partial charge is 0.479 e. The summed E-state index contributed by atoms with van der Waals surface area (Å²) in [5.74, 6) is 0.359. The average Bonchev–Trinajstić information content (AvgIpc) is 2.51. The molecule has 0 aliphatic rings. The average molecular weight is 313 g/mol. The van der Waals surface area contributed by atoms with Gasteiger partial charge in [-0.25, -0.2) is 4.79 Å². The number of rotatable bonds is 5. The second kappa shape index (κ2) is 7.45. The number of carbonyl (C=O) groups is 2. The minimum Gasteiger partial charge on any atom is -0.479 e. The Balaban J connectivity index is 1.92. The Hall–Kier alpha value is -2.82. The fourth-order valence-corrected chi connectivity index (χ4v) is 1.88. The predicted molar refractivity (Wildman–Crippen MR) is 87.6 cm³/mol. The van der Waals surface area contributed by atoms with Crippen molar-refractivity contribution in [2.45, 2.75) is 26.9 Å². The number of ether oxygens (including phenoxy) is 2. The zero-order chi connectivity index (χ0) is 16.8. The number of anilines is 1. The molecule has 2 aromatic carbocycles. The molecule has 1 atom stereocenters. The molecule has 0 heterocycles. The molecule has 0 aromatic heterocycles. The van der Waals surface area contributed by atoms with Crippen LogP contribution in [0.15, 0.2) is 48.5 Å². The third kappa shape index (κ3) is 5.14. The Labute approximate surface area is 135 Å². The lowest BCUT2D eigenvalue weighted by Gasteiger charge is -2.14. The fraction of sp³-hybridized carbons (Fsp3) is 0.222. The number of aryl methyl sites for hydroxylation is 1. The van der Waals surface area contributed by atoms with Gasteiger partial charge < -0.3 is 14.8 Å². The van der Waals surface area contributed by atoms with E-state index in [2.05, 4.69) is 5.32 Å². The Morgan fingerprint density at radius 3 is 2.09 bits per heavy atom. The highest BCUT2D eigenvalue weighted by molar-refractivity contribution is 5.88. The Bertz CT molecular complexity index is 677. The van der Waals surface area contributed by atoms with Crippen LogP contribution < -0.4 is 14.8 Å². The van der Waals surface area contributed by atoms with Crippen molar-refractivity contribution in [3.63, 3.8) is 0 Å². The highest BCUT2D eigenvalue weighted by atomic mass is 16.6. The number of benzene rings is 2. The molecule has 0 radical (unpaired) electrons. The highest BCUT2D eigenvalue weighted by Gasteiger charge is 2.17. The first-order valence-electron chi connectivity index (χ1n) is 7.27. The minimum atomic E-state index is -0.729. The Kier molecular flexibility index (Phi) is 5.36. The van der Waals surface area contributed by atoms with Gasteiger partial charge in [-0.3, -0.25) is 4.79 Å². The van der Waals surface area contributed by atoms with Gasteiger partial charge in [-0.1, -0.05) is 17.7 Å². The molecule has 0 bridgehead atoms. The summed E-state index contributed by atoms with van der Waals surface area (Å²) in [5, 5.41) is 2.64. The summed E-state index contributed by atoms with van der Waals surface area (Å²) in [5.41, 5.74) is 1.76. The van der Waals surface area contributed by atoms with Crippen molar-refractivity contribution >= 4 is 17.6 Å². The van der Waals surface area contributed by atoms with Gasteiger partial charge >= 0.3 is 5.97 Å². The van der Waals surface area contributed by atoms with E-state index in [0.29, 0.717) is 17.2 Å². The molecule has 0 spiro atoms. The van der Waals surface area contributed by atoms with Gasteiger partial charge in [-0.05, 0) is 50.2 Å². The zero-order valence-electron chi connectivity index (χ0n) is 13.3. The van der Waals surface area contributed by atoms with Crippen LogP contribution in [0.2, 0.25) is 0 Å². The van der Waals surface area contributed by atoms with Crippen LogP contribution in [0.3, 0.4) is 0 Å². The molecule has 5 nitrogen and oxygen atoms in total. The van der Waals surface area contributed by atoms with E-state index in [0.717, 1.165) is 5.56 Å². The lowest BCUT2D eigenvalue weighted by Crippen LogP contribution is -2.28. The van der Waals surface area contributed by atoms with Gasteiger partial charge in [0.15, 0.2) is 6.10 Å². The number of carbonyl (C=O) groups excluding carboxylic acids is 2. The van der Waals surface area contributed by atoms with Gasteiger partial charge in [-0.15, -0.1) is 0 Å². The quantitative estimate of drug-likeness (QED) is 0.679. The van der Waals surface area contributed by atoms with Gasteiger partial charge in [0.25, 0.3) is 0 Å². The van der Waals surface area contributed by atoms with Gasteiger partial charge in [0, 0.05) is 12.6 Å². The summed E-state index contributed by atoms with van der Waals surface area (Å²) in [6.45, 7) is 5.04. The van der Waals surface area contributed by atoms with E-state index in [4.69, 9.17) is 9.47 Å². The summed E-state index contributed by atoms with van der Waals surface area (Å²) >= 11 is 0. The monoisotopic (exact) mass is 313 g/mol. The maximum atomic E-state index is 12.0. The van der Waals surface area contributed by atoms with E-state index < -0.39 is 12.1 Å². The number of hydrogen-bond acceptors (Lipinski definition) is 4. The van der Waals surface area contributed by atoms with Gasteiger partial charge in [-0.2, -0.15) is 0 Å². The van der Waals surface area contributed by atoms with Crippen LogP contribution >= 0.6 is 0 Å². The molecule has 0 unspecified atom stereocenters. The number of amides is 1. The first kappa shape index (κ1) is 16.5. The second-order valence-corrected chi connectivity index (χ2v) is 5.20. The minimum absolute atomic E-state index is 0.158. The van der Waals surface area contributed by atoms with Gasteiger partial charge in [0.2, 0.25) is 5.91 Å².